The van der Waals surface area contributed by atoms with Crippen molar-refractivity contribution in [3.05, 3.63) is 0 Å². The quantitative estimate of drug-likeness (QED) is 0.789. The molecule has 0 aromatic carbocycles. The Balaban J connectivity index is 5.03. The monoisotopic (exact) mass is 287 g/mol. The van der Waals surface area contributed by atoms with Crippen molar-refractivity contribution in [2.24, 2.45) is 17.8 Å². The molecule has 0 aliphatic heterocycles. The molecule has 0 saturated carbocycles. The van der Waals surface area contributed by atoms with Crippen LogP contribution >= 0.6 is 0 Å². The van der Waals surface area contributed by atoms with E-state index < -0.39 is 17.6 Å². The van der Waals surface area contributed by atoms with Crippen molar-refractivity contribution in [2.45, 2.75) is 60.1 Å². The van der Waals surface area contributed by atoms with Crippen LogP contribution in [0.5, 0.6) is 0 Å². The van der Waals surface area contributed by atoms with Gasteiger partial charge >= 0.3 is 12.1 Å². The van der Waals surface area contributed by atoms with Gasteiger partial charge in [-0.15, -0.1) is 0 Å². The van der Waals surface area contributed by atoms with Crippen molar-refractivity contribution in [3.63, 3.8) is 0 Å². The number of amides is 1. The van der Waals surface area contributed by atoms with E-state index in [0.29, 0.717) is 0 Å². The van der Waals surface area contributed by atoms with E-state index in [9.17, 15) is 9.59 Å². The molecule has 0 unspecified atom stereocenters. The first-order chi connectivity index (χ1) is 8.99. The predicted molar refractivity (Wildman–Crippen MR) is 78.3 cm³/mol. The lowest BCUT2D eigenvalue weighted by molar-refractivity contribution is -0.148. The number of rotatable bonds is 5. The second-order valence-electron chi connectivity index (χ2n) is 6.71. The van der Waals surface area contributed by atoms with Gasteiger partial charge in [0.2, 0.25) is 0 Å². The molecule has 0 bridgehead atoms. The van der Waals surface area contributed by atoms with Gasteiger partial charge in [-0.25, -0.2) is 4.79 Å². The zero-order chi connectivity index (χ0) is 16.1. The molecule has 5 heteroatoms. The summed E-state index contributed by atoms with van der Waals surface area (Å²) in [5, 5.41) is 2.81. The standard InChI is InChI=1S/C15H29NO4/c1-9(2)11(13(17)19-8)12(10(3)4)16-14(18)20-15(5,6)7/h9-12H,1-8H3,(H,16,18)/t11-,12+/m0/s1. The number of hydrogen-bond donors (Lipinski definition) is 1. The molecule has 20 heavy (non-hydrogen) atoms. The van der Waals surface area contributed by atoms with Gasteiger partial charge in [-0.2, -0.15) is 0 Å². The maximum atomic E-state index is 12.0. The van der Waals surface area contributed by atoms with Crippen LogP contribution in [0.25, 0.3) is 0 Å². The van der Waals surface area contributed by atoms with Crippen LogP contribution in [0.2, 0.25) is 0 Å². The summed E-state index contributed by atoms with van der Waals surface area (Å²) in [4.78, 5) is 23.9. The SMILES string of the molecule is COC(=O)[C@@H](C(C)C)[C@H](NC(=O)OC(C)(C)C)C(C)C. The molecule has 0 fully saturated rings. The average molecular weight is 287 g/mol. The number of ether oxygens (including phenoxy) is 2. The van der Waals surface area contributed by atoms with Crippen LogP contribution < -0.4 is 5.32 Å². The fourth-order valence-corrected chi connectivity index (χ4v) is 2.08. The van der Waals surface area contributed by atoms with E-state index in [1.54, 1.807) is 20.8 Å². The van der Waals surface area contributed by atoms with E-state index in [0.717, 1.165) is 0 Å². The Morgan fingerprint density at radius 2 is 1.50 bits per heavy atom. The van der Waals surface area contributed by atoms with Crippen LogP contribution in [0.1, 0.15) is 48.5 Å². The average Bonchev–Trinajstić information content (AvgIpc) is 2.24. The fourth-order valence-electron chi connectivity index (χ4n) is 2.08. The first-order valence-electron chi connectivity index (χ1n) is 7.07. The maximum absolute atomic E-state index is 12.0. The third-order valence-electron chi connectivity index (χ3n) is 2.98. The molecule has 0 aliphatic carbocycles. The predicted octanol–water partition coefficient (Wildman–Crippen LogP) is 2.98. The van der Waals surface area contributed by atoms with Gasteiger partial charge in [-0.3, -0.25) is 4.79 Å². The molecule has 5 nitrogen and oxygen atoms in total. The van der Waals surface area contributed by atoms with Crippen LogP contribution in [0, 0.1) is 17.8 Å². The highest BCUT2D eigenvalue weighted by atomic mass is 16.6. The Morgan fingerprint density at radius 3 is 1.80 bits per heavy atom. The highest BCUT2D eigenvalue weighted by molar-refractivity contribution is 5.75. The van der Waals surface area contributed by atoms with Crippen LogP contribution in [0.3, 0.4) is 0 Å². The summed E-state index contributed by atoms with van der Waals surface area (Å²) in [5.41, 5.74) is -0.565. The Kier molecular flexibility index (Phi) is 7.03. The van der Waals surface area contributed by atoms with Crippen molar-refractivity contribution in [3.8, 4) is 0 Å². The number of methoxy groups -OCH3 is 1. The number of hydrogen-bond acceptors (Lipinski definition) is 4. The van der Waals surface area contributed by atoms with E-state index >= 15 is 0 Å². The van der Waals surface area contributed by atoms with Gasteiger partial charge in [-0.1, -0.05) is 27.7 Å². The molecular formula is C15H29NO4. The number of carbonyl (C=O) groups excluding carboxylic acids is 2. The largest absolute Gasteiger partial charge is 0.469 e. The zero-order valence-electron chi connectivity index (χ0n) is 13.9. The minimum Gasteiger partial charge on any atom is -0.469 e. The third-order valence-corrected chi connectivity index (χ3v) is 2.98. The summed E-state index contributed by atoms with van der Waals surface area (Å²) in [6, 6.07) is -0.322. The smallest absolute Gasteiger partial charge is 0.407 e. The van der Waals surface area contributed by atoms with Gasteiger partial charge in [0.25, 0.3) is 0 Å². The molecule has 2 atom stereocenters. The molecule has 1 amide bonds. The highest BCUT2D eigenvalue weighted by Crippen LogP contribution is 2.23. The Bertz CT molecular complexity index is 331. The maximum Gasteiger partial charge on any atom is 0.407 e. The lowest BCUT2D eigenvalue weighted by Crippen LogP contribution is -2.50. The summed E-state index contributed by atoms with van der Waals surface area (Å²) in [7, 11) is 1.36. The highest BCUT2D eigenvalue weighted by Gasteiger charge is 2.35. The molecule has 0 heterocycles. The van der Waals surface area contributed by atoms with Crippen molar-refractivity contribution in [1.29, 1.82) is 0 Å². The van der Waals surface area contributed by atoms with E-state index in [4.69, 9.17) is 9.47 Å². The topological polar surface area (TPSA) is 64.6 Å². The van der Waals surface area contributed by atoms with Crippen molar-refractivity contribution >= 4 is 12.1 Å². The minimum absolute atomic E-state index is 0.0600. The molecule has 0 aromatic heterocycles. The first-order valence-corrected chi connectivity index (χ1v) is 7.07. The fraction of sp³-hybridized carbons (Fsp3) is 0.867. The number of carbonyl (C=O) groups is 2. The van der Waals surface area contributed by atoms with E-state index in [2.05, 4.69) is 5.32 Å². The van der Waals surface area contributed by atoms with Crippen LogP contribution in [-0.2, 0) is 14.3 Å². The lowest BCUT2D eigenvalue weighted by atomic mass is 9.82. The normalized spacial score (nSPS) is 14.9. The number of esters is 1. The van der Waals surface area contributed by atoms with Gasteiger partial charge in [0, 0.05) is 6.04 Å². The zero-order valence-corrected chi connectivity index (χ0v) is 13.9. The Labute approximate surface area is 122 Å². The molecule has 0 spiro atoms. The molecule has 0 aliphatic rings. The molecule has 1 N–H and O–H groups in total. The van der Waals surface area contributed by atoms with Crippen molar-refractivity contribution in [2.75, 3.05) is 7.11 Å². The second kappa shape index (κ2) is 7.50. The van der Waals surface area contributed by atoms with E-state index in [1.165, 1.54) is 7.11 Å². The second-order valence-corrected chi connectivity index (χ2v) is 6.71. The van der Waals surface area contributed by atoms with E-state index in [1.807, 2.05) is 27.7 Å². The van der Waals surface area contributed by atoms with Gasteiger partial charge in [0.05, 0.1) is 13.0 Å². The van der Waals surface area contributed by atoms with Crippen LogP contribution in [0.4, 0.5) is 4.79 Å². The summed E-state index contributed by atoms with van der Waals surface area (Å²) < 4.78 is 10.1. The summed E-state index contributed by atoms with van der Waals surface area (Å²) >= 11 is 0. The van der Waals surface area contributed by atoms with Crippen molar-refractivity contribution < 1.29 is 19.1 Å². The lowest BCUT2D eigenvalue weighted by Gasteiger charge is -2.32. The molecule has 118 valence electrons. The van der Waals surface area contributed by atoms with Crippen molar-refractivity contribution in [1.82, 2.24) is 5.32 Å². The summed E-state index contributed by atoms with van der Waals surface area (Å²) in [6.07, 6.45) is -0.509. The van der Waals surface area contributed by atoms with Crippen LogP contribution in [-0.4, -0.2) is 30.8 Å². The molecule has 0 saturated heterocycles. The Morgan fingerprint density at radius 1 is 1.00 bits per heavy atom. The number of alkyl carbamates (subject to hydrolysis) is 1. The molecular weight excluding hydrogens is 258 g/mol. The molecule has 0 rings (SSSR count). The van der Waals surface area contributed by atoms with Crippen LogP contribution in [0.15, 0.2) is 0 Å². The van der Waals surface area contributed by atoms with Gasteiger partial charge in [-0.05, 0) is 32.6 Å². The minimum atomic E-state index is -0.565. The molecule has 0 radical (unpaired) electrons. The summed E-state index contributed by atoms with van der Waals surface area (Å²) in [5.74, 6) is -0.555. The van der Waals surface area contributed by atoms with E-state index in [-0.39, 0.29) is 23.8 Å². The summed E-state index contributed by atoms with van der Waals surface area (Å²) in [6.45, 7) is 13.2. The van der Waals surface area contributed by atoms with Gasteiger partial charge in [0.1, 0.15) is 5.60 Å². The number of nitrogens with one attached hydrogen (secondary N) is 1. The van der Waals surface area contributed by atoms with Gasteiger partial charge < -0.3 is 14.8 Å². The third kappa shape index (κ3) is 6.26. The first kappa shape index (κ1) is 18.7. The Hall–Kier alpha value is -1.26. The molecule has 0 aromatic rings. The van der Waals surface area contributed by atoms with Gasteiger partial charge in [0.15, 0.2) is 0 Å².